The maximum absolute atomic E-state index is 10.9. The minimum Gasteiger partial charge on any atom is -0.496 e. The van der Waals surface area contributed by atoms with Crippen LogP contribution in [-0.2, 0) is 12.8 Å². The molecule has 0 saturated carbocycles. The average Bonchev–Trinajstić information content (AvgIpc) is 2.56. The van der Waals surface area contributed by atoms with Crippen LogP contribution in [0.15, 0.2) is 12.1 Å². The summed E-state index contributed by atoms with van der Waals surface area (Å²) in [6.07, 6.45) is 2.50. The molecule has 2 rings (SSSR count). The van der Waals surface area contributed by atoms with Crippen LogP contribution in [-0.4, -0.2) is 19.4 Å². The summed E-state index contributed by atoms with van der Waals surface area (Å²) in [6.45, 7) is 0. The van der Waals surface area contributed by atoms with Crippen LogP contribution in [0.5, 0.6) is 5.75 Å². The van der Waals surface area contributed by atoms with Crippen molar-refractivity contribution in [3.63, 3.8) is 0 Å². The Bertz CT molecular complexity index is 374. The van der Waals surface area contributed by atoms with E-state index in [1.165, 1.54) is 5.56 Å². The molecular weight excluding hydrogens is 178 g/mol. The summed E-state index contributed by atoms with van der Waals surface area (Å²) in [4.78, 5) is 10.9. The van der Waals surface area contributed by atoms with E-state index in [4.69, 9.17) is 10.5 Å². The molecule has 0 bridgehead atoms. The van der Waals surface area contributed by atoms with E-state index in [0.29, 0.717) is 11.3 Å². The summed E-state index contributed by atoms with van der Waals surface area (Å²) < 4.78 is 5.12. The van der Waals surface area contributed by atoms with E-state index >= 15 is 0 Å². The molecule has 3 heteroatoms. The highest BCUT2D eigenvalue weighted by Crippen LogP contribution is 2.30. The fourth-order valence-corrected chi connectivity index (χ4v) is 2.04. The first-order chi connectivity index (χ1) is 6.76. The molecule has 1 unspecified atom stereocenters. The largest absolute Gasteiger partial charge is 0.496 e. The number of benzene rings is 1. The highest BCUT2D eigenvalue weighted by molar-refractivity contribution is 5.83. The van der Waals surface area contributed by atoms with Crippen LogP contribution < -0.4 is 10.5 Å². The van der Waals surface area contributed by atoms with E-state index in [2.05, 4.69) is 0 Å². The van der Waals surface area contributed by atoms with Crippen molar-refractivity contribution in [3.05, 3.63) is 28.8 Å². The molecule has 1 aromatic rings. The van der Waals surface area contributed by atoms with Gasteiger partial charge in [0, 0.05) is 6.04 Å². The SMILES string of the molecule is COc1ccc2c(c1C=O)CC(N)C2. The lowest BCUT2D eigenvalue weighted by Crippen LogP contribution is -2.19. The van der Waals surface area contributed by atoms with Gasteiger partial charge >= 0.3 is 0 Å². The Kier molecular flexibility index (Phi) is 2.25. The first kappa shape index (κ1) is 9.21. The standard InChI is InChI=1S/C11H13NO2/c1-14-11-3-2-7-4-8(12)5-9(7)10(11)6-13/h2-3,6,8H,4-5,12H2,1H3. The summed E-state index contributed by atoms with van der Waals surface area (Å²) in [5.41, 5.74) is 8.75. The van der Waals surface area contributed by atoms with Crippen molar-refractivity contribution in [1.29, 1.82) is 0 Å². The molecule has 0 aliphatic heterocycles. The van der Waals surface area contributed by atoms with E-state index in [-0.39, 0.29) is 6.04 Å². The molecule has 0 heterocycles. The van der Waals surface area contributed by atoms with Crippen LogP contribution in [0.1, 0.15) is 21.5 Å². The zero-order valence-corrected chi connectivity index (χ0v) is 8.12. The van der Waals surface area contributed by atoms with E-state index in [1.54, 1.807) is 7.11 Å². The van der Waals surface area contributed by atoms with Gasteiger partial charge in [0.15, 0.2) is 6.29 Å². The van der Waals surface area contributed by atoms with Gasteiger partial charge in [-0.05, 0) is 30.0 Å². The molecular formula is C11H13NO2. The number of nitrogens with two attached hydrogens (primary N) is 1. The Hall–Kier alpha value is -1.35. The molecule has 0 amide bonds. The second-order valence-corrected chi connectivity index (χ2v) is 3.61. The first-order valence-electron chi connectivity index (χ1n) is 4.65. The van der Waals surface area contributed by atoms with Gasteiger partial charge in [0.25, 0.3) is 0 Å². The second-order valence-electron chi connectivity index (χ2n) is 3.61. The van der Waals surface area contributed by atoms with Gasteiger partial charge in [0.2, 0.25) is 0 Å². The van der Waals surface area contributed by atoms with Crippen LogP contribution in [0.4, 0.5) is 0 Å². The van der Waals surface area contributed by atoms with E-state index in [1.807, 2.05) is 12.1 Å². The number of hydrogen-bond acceptors (Lipinski definition) is 3. The van der Waals surface area contributed by atoms with Gasteiger partial charge in [0.05, 0.1) is 12.7 Å². The Balaban J connectivity index is 2.54. The third-order valence-corrected chi connectivity index (χ3v) is 2.70. The van der Waals surface area contributed by atoms with E-state index < -0.39 is 0 Å². The number of fused-ring (bicyclic) bond motifs is 1. The van der Waals surface area contributed by atoms with Crippen molar-refractivity contribution >= 4 is 6.29 Å². The molecule has 1 aromatic carbocycles. The topological polar surface area (TPSA) is 52.3 Å². The highest BCUT2D eigenvalue weighted by Gasteiger charge is 2.22. The predicted octanol–water partition coefficient (Wildman–Crippen LogP) is 0.934. The predicted molar refractivity (Wildman–Crippen MR) is 53.8 cm³/mol. The Morgan fingerprint density at radius 2 is 2.29 bits per heavy atom. The van der Waals surface area contributed by atoms with Crippen molar-refractivity contribution in [3.8, 4) is 5.75 Å². The Morgan fingerprint density at radius 1 is 1.50 bits per heavy atom. The lowest BCUT2D eigenvalue weighted by atomic mass is 10.0. The summed E-state index contributed by atoms with van der Waals surface area (Å²) in [5.74, 6) is 0.646. The van der Waals surface area contributed by atoms with Crippen LogP contribution in [0, 0.1) is 0 Å². The van der Waals surface area contributed by atoms with Gasteiger partial charge in [-0.15, -0.1) is 0 Å². The maximum Gasteiger partial charge on any atom is 0.154 e. The number of hydrogen-bond donors (Lipinski definition) is 1. The smallest absolute Gasteiger partial charge is 0.154 e. The van der Waals surface area contributed by atoms with Gasteiger partial charge in [-0.1, -0.05) is 6.07 Å². The fraction of sp³-hybridized carbons (Fsp3) is 0.364. The molecule has 2 N–H and O–H groups in total. The molecule has 1 atom stereocenters. The number of carbonyl (C=O) groups excluding carboxylic acids is 1. The molecule has 1 aliphatic carbocycles. The van der Waals surface area contributed by atoms with Crippen molar-refractivity contribution in [2.75, 3.05) is 7.11 Å². The molecule has 1 aliphatic rings. The molecule has 74 valence electrons. The van der Waals surface area contributed by atoms with Crippen molar-refractivity contribution in [2.24, 2.45) is 5.73 Å². The van der Waals surface area contributed by atoms with Crippen molar-refractivity contribution in [1.82, 2.24) is 0 Å². The van der Waals surface area contributed by atoms with Crippen molar-refractivity contribution < 1.29 is 9.53 Å². The number of carbonyl (C=O) groups is 1. The van der Waals surface area contributed by atoms with Crippen LogP contribution >= 0.6 is 0 Å². The molecule has 0 aromatic heterocycles. The molecule has 0 saturated heterocycles. The molecule has 0 radical (unpaired) electrons. The van der Waals surface area contributed by atoms with Gasteiger partial charge in [-0.3, -0.25) is 4.79 Å². The Labute approximate surface area is 82.9 Å². The zero-order valence-electron chi connectivity index (χ0n) is 8.12. The van der Waals surface area contributed by atoms with Crippen molar-refractivity contribution in [2.45, 2.75) is 18.9 Å². The van der Waals surface area contributed by atoms with Crippen LogP contribution in [0.25, 0.3) is 0 Å². The number of methoxy groups -OCH3 is 1. The number of aldehydes is 1. The summed E-state index contributed by atoms with van der Waals surface area (Å²) in [5, 5.41) is 0. The highest BCUT2D eigenvalue weighted by atomic mass is 16.5. The monoisotopic (exact) mass is 191 g/mol. The quantitative estimate of drug-likeness (QED) is 0.707. The van der Waals surface area contributed by atoms with Gasteiger partial charge in [-0.2, -0.15) is 0 Å². The first-order valence-corrected chi connectivity index (χ1v) is 4.65. The van der Waals surface area contributed by atoms with E-state index in [9.17, 15) is 4.79 Å². The summed E-state index contributed by atoms with van der Waals surface area (Å²) in [6, 6.07) is 3.98. The summed E-state index contributed by atoms with van der Waals surface area (Å²) >= 11 is 0. The average molecular weight is 191 g/mol. The molecule has 0 spiro atoms. The zero-order chi connectivity index (χ0) is 10.1. The number of rotatable bonds is 2. The lowest BCUT2D eigenvalue weighted by molar-refractivity contribution is 0.112. The van der Waals surface area contributed by atoms with Crippen LogP contribution in [0.2, 0.25) is 0 Å². The number of ether oxygens (including phenoxy) is 1. The normalized spacial score (nSPS) is 19.1. The molecule has 0 fully saturated rings. The van der Waals surface area contributed by atoms with Crippen LogP contribution in [0.3, 0.4) is 0 Å². The summed E-state index contributed by atoms with van der Waals surface area (Å²) in [7, 11) is 1.57. The second kappa shape index (κ2) is 3.42. The fourth-order valence-electron chi connectivity index (χ4n) is 2.04. The van der Waals surface area contributed by atoms with Gasteiger partial charge < -0.3 is 10.5 Å². The minimum atomic E-state index is 0.149. The third kappa shape index (κ3) is 1.30. The molecule has 14 heavy (non-hydrogen) atoms. The Morgan fingerprint density at radius 3 is 2.93 bits per heavy atom. The maximum atomic E-state index is 10.9. The van der Waals surface area contributed by atoms with E-state index in [0.717, 1.165) is 24.7 Å². The lowest BCUT2D eigenvalue weighted by Gasteiger charge is -2.07. The molecule has 3 nitrogen and oxygen atoms in total. The van der Waals surface area contributed by atoms with Gasteiger partial charge in [0.1, 0.15) is 5.75 Å². The third-order valence-electron chi connectivity index (χ3n) is 2.70. The van der Waals surface area contributed by atoms with Gasteiger partial charge in [-0.25, -0.2) is 0 Å². The minimum absolute atomic E-state index is 0.149.